The van der Waals surface area contributed by atoms with E-state index in [1.54, 1.807) is 26.1 Å². The Morgan fingerprint density at radius 2 is 2.00 bits per heavy atom. The molecular formula is C20H18ClN9O3. The number of amides is 2. The lowest BCUT2D eigenvalue weighted by Gasteiger charge is -2.15. The first kappa shape index (κ1) is 22.1. The Morgan fingerprint density at radius 3 is 2.64 bits per heavy atom. The zero-order valence-corrected chi connectivity index (χ0v) is 18.4. The molecule has 1 aliphatic carbocycles. The topological polar surface area (TPSA) is 161 Å². The molecule has 0 saturated heterocycles. The summed E-state index contributed by atoms with van der Waals surface area (Å²) < 4.78 is 6.72. The van der Waals surface area contributed by atoms with Crippen molar-refractivity contribution >= 4 is 35.1 Å². The van der Waals surface area contributed by atoms with Crippen molar-refractivity contribution in [3.8, 4) is 17.6 Å². The molecule has 12 nitrogen and oxygen atoms in total. The third-order valence-corrected chi connectivity index (χ3v) is 5.39. The molecule has 1 saturated carbocycles. The van der Waals surface area contributed by atoms with Crippen LogP contribution < -0.4 is 10.6 Å². The van der Waals surface area contributed by atoms with E-state index in [0.29, 0.717) is 24.1 Å². The van der Waals surface area contributed by atoms with Crippen LogP contribution in [0.2, 0.25) is 5.15 Å². The summed E-state index contributed by atoms with van der Waals surface area (Å²) in [5, 5.41) is 22.5. The van der Waals surface area contributed by atoms with Crippen LogP contribution in [0.1, 0.15) is 31.4 Å². The van der Waals surface area contributed by atoms with Crippen molar-refractivity contribution in [2.24, 2.45) is 12.5 Å². The van der Waals surface area contributed by atoms with Gasteiger partial charge in [0.2, 0.25) is 5.91 Å². The van der Waals surface area contributed by atoms with Crippen LogP contribution in [0.4, 0.5) is 16.3 Å². The quantitative estimate of drug-likeness (QED) is 0.519. The van der Waals surface area contributed by atoms with Crippen molar-refractivity contribution in [3.63, 3.8) is 0 Å². The van der Waals surface area contributed by atoms with Crippen molar-refractivity contribution in [2.75, 3.05) is 10.6 Å². The summed E-state index contributed by atoms with van der Waals surface area (Å²) in [5.74, 6) is -0.00218. The van der Waals surface area contributed by atoms with E-state index in [0.717, 1.165) is 0 Å². The van der Waals surface area contributed by atoms with E-state index in [1.807, 2.05) is 6.07 Å². The highest BCUT2D eigenvalue weighted by atomic mass is 35.5. The molecule has 3 aromatic heterocycles. The number of carbonyl (C=O) groups is 2. The van der Waals surface area contributed by atoms with Crippen LogP contribution in [-0.4, -0.2) is 41.9 Å². The Labute approximate surface area is 193 Å². The molecule has 0 unspecified atom stereocenters. The Balaban J connectivity index is 1.45. The number of halogens is 1. The lowest BCUT2D eigenvalue weighted by Crippen LogP contribution is -2.22. The van der Waals surface area contributed by atoms with E-state index in [2.05, 4.69) is 35.9 Å². The fraction of sp³-hybridized carbons (Fsp3) is 0.300. The summed E-state index contributed by atoms with van der Waals surface area (Å²) in [5.41, 5.74) is 0.140. The summed E-state index contributed by atoms with van der Waals surface area (Å²) in [6.45, 7) is 1.67. The maximum absolute atomic E-state index is 12.5. The zero-order valence-electron chi connectivity index (χ0n) is 17.6. The van der Waals surface area contributed by atoms with Crippen molar-refractivity contribution in [1.82, 2.24) is 29.9 Å². The third kappa shape index (κ3) is 4.58. The maximum atomic E-state index is 12.5. The summed E-state index contributed by atoms with van der Waals surface area (Å²) in [6.07, 6.45) is 3.96. The molecule has 0 spiro atoms. The minimum atomic E-state index is -0.960. The van der Waals surface area contributed by atoms with Gasteiger partial charge in [-0.25, -0.2) is 24.4 Å². The van der Waals surface area contributed by atoms with Crippen LogP contribution >= 0.6 is 11.6 Å². The van der Waals surface area contributed by atoms with Gasteiger partial charge < -0.3 is 10.1 Å². The summed E-state index contributed by atoms with van der Waals surface area (Å²) >= 11 is 6.05. The van der Waals surface area contributed by atoms with Crippen molar-refractivity contribution in [1.29, 1.82) is 5.26 Å². The SMILES string of the molecule is C[C@@H](OC(=O)Nc1c(-c2ncc(NC(=O)C3(C#N)CC3)cn2)nnn1C)c1cccnc1Cl. The number of hydrogen-bond donors (Lipinski definition) is 2. The predicted octanol–water partition coefficient (Wildman–Crippen LogP) is 2.87. The van der Waals surface area contributed by atoms with Gasteiger partial charge in [-0.15, -0.1) is 5.10 Å². The molecule has 0 radical (unpaired) electrons. The highest BCUT2D eigenvalue weighted by molar-refractivity contribution is 6.30. The van der Waals surface area contributed by atoms with Crippen LogP contribution in [0.3, 0.4) is 0 Å². The van der Waals surface area contributed by atoms with E-state index >= 15 is 0 Å². The van der Waals surface area contributed by atoms with E-state index in [4.69, 9.17) is 21.6 Å². The fourth-order valence-electron chi connectivity index (χ4n) is 2.98. The normalized spacial score (nSPS) is 14.6. The number of nitrogens with zero attached hydrogens (tertiary/aromatic N) is 7. The number of aromatic nitrogens is 6. The highest BCUT2D eigenvalue weighted by Crippen LogP contribution is 2.45. The molecule has 4 rings (SSSR count). The average Bonchev–Trinajstić information content (AvgIpc) is 3.53. The molecule has 3 heterocycles. The lowest BCUT2D eigenvalue weighted by atomic mass is 10.1. The molecular weight excluding hydrogens is 450 g/mol. The van der Waals surface area contributed by atoms with Gasteiger partial charge in [-0.3, -0.25) is 10.1 Å². The van der Waals surface area contributed by atoms with Crippen LogP contribution in [0.25, 0.3) is 11.5 Å². The number of aryl methyl sites for hydroxylation is 1. The van der Waals surface area contributed by atoms with Gasteiger partial charge in [-0.2, -0.15) is 5.26 Å². The Hall–Kier alpha value is -4.11. The van der Waals surface area contributed by atoms with E-state index in [-0.39, 0.29) is 28.4 Å². The van der Waals surface area contributed by atoms with Gasteiger partial charge in [0.1, 0.15) is 16.7 Å². The Morgan fingerprint density at radius 1 is 1.27 bits per heavy atom. The van der Waals surface area contributed by atoms with Gasteiger partial charge in [0, 0.05) is 18.8 Å². The second kappa shape index (κ2) is 8.79. The number of pyridine rings is 1. The Bertz CT molecular complexity index is 1250. The van der Waals surface area contributed by atoms with E-state index < -0.39 is 17.6 Å². The molecule has 1 fully saturated rings. The standard InChI is InChI=1S/C20H18ClN9O3/c1-11(13-4-3-7-23-15(13)21)33-19(32)27-17-14(28-29-30(17)2)16-24-8-12(9-25-16)26-18(31)20(10-22)5-6-20/h3-4,7-9,11H,5-6H2,1-2H3,(H,26,31)(H,27,32)/t11-/m1/s1. The lowest BCUT2D eigenvalue weighted by molar-refractivity contribution is -0.119. The second-order valence-electron chi connectivity index (χ2n) is 7.41. The van der Waals surface area contributed by atoms with Gasteiger partial charge in [0.15, 0.2) is 17.3 Å². The first-order valence-corrected chi connectivity index (χ1v) is 10.2. The molecule has 1 atom stereocenters. The second-order valence-corrected chi connectivity index (χ2v) is 7.77. The number of anilines is 2. The van der Waals surface area contributed by atoms with Crippen molar-refractivity contribution < 1.29 is 14.3 Å². The summed E-state index contributed by atoms with van der Waals surface area (Å²) in [4.78, 5) is 37.0. The van der Waals surface area contributed by atoms with Gasteiger partial charge in [0.25, 0.3) is 0 Å². The van der Waals surface area contributed by atoms with Crippen LogP contribution in [0.15, 0.2) is 30.7 Å². The Kier molecular flexibility index (Phi) is 5.89. The van der Waals surface area contributed by atoms with Gasteiger partial charge in [-0.1, -0.05) is 22.9 Å². The van der Waals surface area contributed by atoms with Crippen LogP contribution in [-0.2, 0) is 16.6 Å². The number of hydrogen-bond acceptors (Lipinski definition) is 9. The predicted molar refractivity (Wildman–Crippen MR) is 116 cm³/mol. The molecule has 33 heavy (non-hydrogen) atoms. The number of rotatable bonds is 6. The molecule has 168 valence electrons. The highest BCUT2D eigenvalue weighted by Gasteiger charge is 2.50. The molecule has 0 aliphatic heterocycles. The average molecular weight is 468 g/mol. The zero-order chi connectivity index (χ0) is 23.6. The van der Waals surface area contributed by atoms with Gasteiger partial charge in [-0.05, 0) is 25.8 Å². The summed E-state index contributed by atoms with van der Waals surface area (Å²) in [7, 11) is 1.58. The van der Waals surface area contributed by atoms with E-state index in [1.165, 1.54) is 23.3 Å². The third-order valence-electron chi connectivity index (χ3n) is 5.08. The largest absolute Gasteiger partial charge is 0.441 e. The van der Waals surface area contributed by atoms with Crippen LogP contribution in [0, 0.1) is 16.7 Å². The van der Waals surface area contributed by atoms with Crippen LogP contribution in [0.5, 0.6) is 0 Å². The van der Waals surface area contributed by atoms with Gasteiger partial charge in [0.05, 0.1) is 24.2 Å². The van der Waals surface area contributed by atoms with Crippen molar-refractivity contribution in [3.05, 3.63) is 41.4 Å². The molecule has 3 aromatic rings. The molecule has 2 amide bonds. The molecule has 0 aromatic carbocycles. The fourth-order valence-corrected chi connectivity index (χ4v) is 3.25. The smallest absolute Gasteiger partial charge is 0.413 e. The minimum Gasteiger partial charge on any atom is -0.441 e. The molecule has 1 aliphatic rings. The number of ether oxygens (including phenoxy) is 1. The maximum Gasteiger partial charge on any atom is 0.413 e. The van der Waals surface area contributed by atoms with Crippen molar-refractivity contribution in [2.45, 2.75) is 25.9 Å². The minimum absolute atomic E-state index is 0.168. The first-order chi connectivity index (χ1) is 15.8. The molecule has 2 N–H and O–H groups in total. The van der Waals surface area contributed by atoms with Gasteiger partial charge >= 0.3 is 6.09 Å². The number of nitrogens with one attached hydrogen (secondary N) is 2. The first-order valence-electron chi connectivity index (χ1n) is 9.86. The molecule has 0 bridgehead atoms. The monoisotopic (exact) mass is 467 g/mol. The summed E-state index contributed by atoms with van der Waals surface area (Å²) in [6, 6.07) is 5.43. The number of nitriles is 1. The molecule has 13 heteroatoms. The number of carbonyl (C=O) groups excluding carboxylic acids is 2. The van der Waals surface area contributed by atoms with E-state index in [9.17, 15) is 9.59 Å².